The molecule has 0 saturated carbocycles. The normalized spacial score (nSPS) is 18.5. The van der Waals surface area contributed by atoms with Gasteiger partial charge in [0.15, 0.2) is 0 Å². The third kappa shape index (κ3) is 3.65. The summed E-state index contributed by atoms with van der Waals surface area (Å²) in [7, 11) is -3.41. The molecule has 1 aliphatic rings. The summed E-state index contributed by atoms with van der Waals surface area (Å²) in [5.41, 5.74) is 1.82. The number of hydrogen-bond acceptors (Lipinski definition) is 3. The van der Waals surface area contributed by atoms with Crippen molar-refractivity contribution >= 4 is 10.0 Å². The fraction of sp³-hybridized carbons (Fsp3) is 0.625. The molecule has 0 bridgehead atoms. The summed E-state index contributed by atoms with van der Waals surface area (Å²) >= 11 is 0. The number of sulfonamides is 1. The van der Waals surface area contributed by atoms with Crippen molar-refractivity contribution in [2.24, 2.45) is 0 Å². The van der Waals surface area contributed by atoms with Gasteiger partial charge >= 0.3 is 0 Å². The summed E-state index contributed by atoms with van der Waals surface area (Å²) in [4.78, 5) is 0.455. The highest BCUT2D eigenvalue weighted by atomic mass is 32.2. The van der Waals surface area contributed by atoms with Crippen molar-refractivity contribution < 1.29 is 8.42 Å². The van der Waals surface area contributed by atoms with Crippen LogP contribution in [0.25, 0.3) is 0 Å². The smallest absolute Gasteiger partial charge is 0.243 e. The third-order valence-corrected chi connectivity index (χ3v) is 6.01. The summed E-state index contributed by atoms with van der Waals surface area (Å²) in [5, 5.41) is 3.24. The number of aryl methyl sites for hydroxylation is 1. The van der Waals surface area contributed by atoms with Crippen molar-refractivity contribution in [1.82, 2.24) is 9.62 Å². The second kappa shape index (κ2) is 6.07. The van der Waals surface area contributed by atoms with E-state index in [1.165, 1.54) is 0 Å². The van der Waals surface area contributed by atoms with Crippen LogP contribution in [-0.4, -0.2) is 38.9 Å². The van der Waals surface area contributed by atoms with Crippen LogP contribution >= 0.6 is 0 Å². The van der Waals surface area contributed by atoms with Crippen LogP contribution in [0.4, 0.5) is 0 Å². The lowest BCUT2D eigenvalue weighted by atomic mass is 9.87. The first-order chi connectivity index (χ1) is 9.73. The second-order valence-electron chi connectivity index (χ2n) is 6.74. The largest absolute Gasteiger partial charge is 0.315 e. The maximum Gasteiger partial charge on any atom is 0.243 e. The van der Waals surface area contributed by atoms with E-state index in [2.05, 4.69) is 26.1 Å². The topological polar surface area (TPSA) is 49.4 Å². The molecular weight excluding hydrogens is 284 g/mol. The van der Waals surface area contributed by atoms with Crippen molar-refractivity contribution in [2.75, 3.05) is 26.2 Å². The van der Waals surface area contributed by atoms with Crippen molar-refractivity contribution in [3.8, 4) is 0 Å². The van der Waals surface area contributed by atoms with E-state index >= 15 is 0 Å². The van der Waals surface area contributed by atoms with Gasteiger partial charge in [0, 0.05) is 19.6 Å². The summed E-state index contributed by atoms with van der Waals surface area (Å²) < 4.78 is 27.5. The highest BCUT2D eigenvalue weighted by molar-refractivity contribution is 7.89. The van der Waals surface area contributed by atoms with Crippen molar-refractivity contribution in [3.05, 3.63) is 29.3 Å². The lowest BCUT2D eigenvalue weighted by Gasteiger charge is -2.24. The Balaban J connectivity index is 2.43. The summed E-state index contributed by atoms with van der Waals surface area (Å²) in [6.45, 7) is 10.9. The van der Waals surface area contributed by atoms with E-state index in [-0.39, 0.29) is 5.41 Å². The van der Waals surface area contributed by atoms with E-state index in [1.807, 2.05) is 25.1 Å². The molecule has 5 heteroatoms. The van der Waals surface area contributed by atoms with Gasteiger partial charge in [-0.1, -0.05) is 32.9 Å². The molecular formula is C16H26N2O2S. The first kappa shape index (κ1) is 16.5. The van der Waals surface area contributed by atoms with Gasteiger partial charge in [0.2, 0.25) is 10.0 Å². The van der Waals surface area contributed by atoms with Gasteiger partial charge in [-0.3, -0.25) is 0 Å². The molecule has 1 heterocycles. The van der Waals surface area contributed by atoms with Gasteiger partial charge in [0.25, 0.3) is 0 Å². The Kier molecular flexibility index (Phi) is 4.76. The molecule has 1 aliphatic heterocycles. The van der Waals surface area contributed by atoms with Crippen LogP contribution in [0.5, 0.6) is 0 Å². The minimum atomic E-state index is -3.41. The highest BCUT2D eigenvalue weighted by Crippen LogP contribution is 2.28. The minimum absolute atomic E-state index is 0.0572. The van der Waals surface area contributed by atoms with E-state index in [0.717, 1.165) is 30.6 Å². The van der Waals surface area contributed by atoms with Gasteiger partial charge in [-0.25, -0.2) is 8.42 Å². The van der Waals surface area contributed by atoms with Gasteiger partial charge in [0.1, 0.15) is 0 Å². The fourth-order valence-electron chi connectivity index (χ4n) is 2.54. The van der Waals surface area contributed by atoms with Crippen LogP contribution in [0.15, 0.2) is 23.1 Å². The van der Waals surface area contributed by atoms with Crippen molar-refractivity contribution in [1.29, 1.82) is 0 Å². The molecule has 21 heavy (non-hydrogen) atoms. The number of rotatable bonds is 2. The van der Waals surface area contributed by atoms with Crippen LogP contribution < -0.4 is 5.32 Å². The predicted molar refractivity (Wildman–Crippen MR) is 86.1 cm³/mol. The van der Waals surface area contributed by atoms with Gasteiger partial charge in [-0.05, 0) is 42.5 Å². The molecule has 4 nitrogen and oxygen atoms in total. The Morgan fingerprint density at radius 1 is 1.14 bits per heavy atom. The Hall–Kier alpha value is -0.910. The molecule has 1 fully saturated rings. The molecule has 1 aromatic carbocycles. The van der Waals surface area contributed by atoms with E-state index < -0.39 is 10.0 Å². The maximum absolute atomic E-state index is 12.9. The molecule has 1 aromatic rings. The summed E-state index contributed by atoms with van der Waals surface area (Å²) in [6, 6.07) is 5.80. The number of nitrogens with one attached hydrogen (secondary N) is 1. The van der Waals surface area contributed by atoms with E-state index in [0.29, 0.717) is 18.0 Å². The van der Waals surface area contributed by atoms with Crippen LogP contribution in [-0.2, 0) is 15.4 Å². The van der Waals surface area contributed by atoms with E-state index in [4.69, 9.17) is 0 Å². The number of benzene rings is 1. The molecule has 0 unspecified atom stereocenters. The average molecular weight is 310 g/mol. The lowest BCUT2D eigenvalue weighted by molar-refractivity contribution is 0.431. The molecule has 1 saturated heterocycles. The SMILES string of the molecule is Cc1ccc(C(C)(C)C)cc1S(=O)(=O)N1CCCNCC1. The lowest BCUT2D eigenvalue weighted by Crippen LogP contribution is -2.34. The fourth-order valence-corrected chi connectivity index (χ4v) is 4.28. The zero-order valence-electron chi connectivity index (χ0n) is 13.4. The first-order valence-electron chi connectivity index (χ1n) is 7.55. The monoisotopic (exact) mass is 310 g/mol. The molecule has 0 radical (unpaired) electrons. The average Bonchev–Trinajstić information content (AvgIpc) is 2.66. The van der Waals surface area contributed by atoms with E-state index in [1.54, 1.807) is 4.31 Å². The third-order valence-electron chi connectivity index (χ3n) is 3.97. The van der Waals surface area contributed by atoms with Crippen molar-refractivity contribution in [2.45, 2.75) is 44.4 Å². The minimum Gasteiger partial charge on any atom is -0.315 e. The zero-order valence-corrected chi connectivity index (χ0v) is 14.3. The predicted octanol–water partition coefficient (Wildman–Crippen LogP) is 2.28. The molecule has 0 amide bonds. The maximum atomic E-state index is 12.9. The molecule has 0 atom stereocenters. The van der Waals surface area contributed by atoms with Crippen LogP contribution in [0.1, 0.15) is 38.3 Å². The number of hydrogen-bond donors (Lipinski definition) is 1. The molecule has 0 aliphatic carbocycles. The molecule has 2 rings (SSSR count). The van der Waals surface area contributed by atoms with Crippen molar-refractivity contribution in [3.63, 3.8) is 0 Å². The van der Waals surface area contributed by atoms with Gasteiger partial charge in [0.05, 0.1) is 4.90 Å². The standard InChI is InChI=1S/C16H26N2O2S/c1-13-6-7-14(16(2,3)4)12-15(13)21(19,20)18-10-5-8-17-9-11-18/h6-7,12,17H,5,8-11H2,1-4H3. The second-order valence-corrected chi connectivity index (χ2v) is 8.64. The quantitative estimate of drug-likeness (QED) is 0.912. The first-order valence-corrected chi connectivity index (χ1v) is 8.99. The van der Waals surface area contributed by atoms with Crippen LogP contribution in [0, 0.1) is 6.92 Å². The van der Waals surface area contributed by atoms with E-state index in [9.17, 15) is 8.42 Å². The molecule has 0 spiro atoms. The van der Waals surface area contributed by atoms with Gasteiger partial charge in [-0.2, -0.15) is 4.31 Å². The van der Waals surface area contributed by atoms with Gasteiger partial charge in [-0.15, -0.1) is 0 Å². The molecule has 0 aromatic heterocycles. The molecule has 1 N–H and O–H groups in total. The molecule has 118 valence electrons. The Labute approximate surface area is 128 Å². The Bertz CT molecular complexity index is 595. The summed E-state index contributed by atoms with van der Waals surface area (Å²) in [5.74, 6) is 0. The Morgan fingerprint density at radius 2 is 1.86 bits per heavy atom. The summed E-state index contributed by atoms with van der Waals surface area (Å²) in [6.07, 6.45) is 0.858. The highest BCUT2D eigenvalue weighted by Gasteiger charge is 2.28. The van der Waals surface area contributed by atoms with Gasteiger partial charge < -0.3 is 5.32 Å². The Morgan fingerprint density at radius 3 is 2.52 bits per heavy atom. The zero-order chi connectivity index (χ0) is 15.7. The number of nitrogens with zero attached hydrogens (tertiary/aromatic N) is 1. The van der Waals surface area contributed by atoms with Crippen LogP contribution in [0.2, 0.25) is 0 Å². The van der Waals surface area contributed by atoms with Crippen LogP contribution in [0.3, 0.4) is 0 Å².